The highest BCUT2D eigenvalue weighted by atomic mass is 16.8. The zero-order chi connectivity index (χ0) is 31.9. The number of nitrogens with zero attached hydrogens (tertiary/aromatic N) is 4. The van der Waals surface area contributed by atoms with E-state index in [2.05, 4.69) is 34.6 Å². The predicted molar refractivity (Wildman–Crippen MR) is 169 cm³/mol. The van der Waals surface area contributed by atoms with E-state index in [-0.39, 0.29) is 0 Å². The maximum atomic E-state index is 11.3. The molecule has 4 atom stereocenters. The number of methoxy groups -OCH3 is 1. The second-order valence-electron chi connectivity index (χ2n) is 11.6. The highest BCUT2D eigenvalue weighted by Crippen LogP contribution is 2.45. The van der Waals surface area contributed by atoms with E-state index < -0.39 is 41.8 Å². The summed E-state index contributed by atoms with van der Waals surface area (Å²) >= 11 is 0. The molecular weight excluding hydrogens is 586 g/mol. The number of aromatic nitrogens is 4. The van der Waals surface area contributed by atoms with Crippen molar-refractivity contribution >= 4 is 23.0 Å². The van der Waals surface area contributed by atoms with Crippen molar-refractivity contribution < 1.29 is 28.8 Å². The molecule has 0 saturated carbocycles. The molecule has 7 rings (SSSR count). The number of nitrogens with one attached hydrogen (secondary N) is 1. The summed E-state index contributed by atoms with van der Waals surface area (Å²) < 4.78 is 26.0. The van der Waals surface area contributed by atoms with Crippen LogP contribution in [0.5, 0.6) is 5.75 Å². The van der Waals surface area contributed by atoms with Crippen molar-refractivity contribution in [2.45, 2.75) is 49.7 Å². The van der Waals surface area contributed by atoms with Gasteiger partial charge in [0.05, 0.1) is 13.4 Å². The number of carboxylic acid groups (broad SMARTS) is 1. The molecule has 5 aromatic rings. The number of rotatable bonds is 9. The molecule has 11 heteroatoms. The molecule has 2 aliphatic rings. The minimum absolute atomic E-state index is 0.507. The zero-order valence-electron chi connectivity index (χ0n) is 25.5. The lowest BCUT2D eigenvalue weighted by molar-refractivity contribution is -0.191. The summed E-state index contributed by atoms with van der Waals surface area (Å²) in [6.07, 6.45) is 3.28. The average Bonchev–Trinajstić information content (AvgIpc) is 3.74. The third-order valence-corrected chi connectivity index (χ3v) is 8.37. The summed E-state index contributed by atoms with van der Waals surface area (Å²) in [5.74, 6) is -0.702. The van der Waals surface area contributed by atoms with E-state index in [1.165, 1.54) is 12.4 Å². The predicted octanol–water partition coefficient (Wildman–Crippen LogP) is 5.30. The maximum Gasteiger partial charge on any atom is 0.328 e. The van der Waals surface area contributed by atoms with Crippen LogP contribution >= 0.6 is 0 Å². The van der Waals surface area contributed by atoms with Crippen molar-refractivity contribution in [3.63, 3.8) is 0 Å². The fourth-order valence-corrected chi connectivity index (χ4v) is 6.40. The molecule has 2 fully saturated rings. The van der Waals surface area contributed by atoms with Gasteiger partial charge < -0.3 is 29.4 Å². The van der Waals surface area contributed by atoms with E-state index in [1.807, 2.05) is 74.5 Å². The monoisotopic (exact) mass is 619 g/mol. The molecule has 0 aliphatic carbocycles. The van der Waals surface area contributed by atoms with Gasteiger partial charge in [0.15, 0.2) is 29.0 Å². The zero-order valence-corrected chi connectivity index (χ0v) is 25.5. The second-order valence-corrected chi connectivity index (χ2v) is 11.6. The van der Waals surface area contributed by atoms with Gasteiger partial charge in [0, 0.05) is 6.08 Å². The molecular formula is C35H33N5O6. The summed E-state index contributed by atoms with van der Waals surface area (Å²) in [5, 5.41) is 13.0. The number of anilines is 1. The lowest BCUT2D eigenvalue weighted by Gasteiger charge is -2.37. The van der Waals surface area contributed by atoms with Crippen molar-refractivity contribution in [2.75, 3.05) is 12.4 Å². The second kappa shape index (κ2) is 11.7. The van der Waals surface area contributed by atoms with Crippen LogP contribution in [0.25, 0.3) is 11.2 Å². The largest absolute Gasteiger partial charge is 0.497 e. The molecule has 2 aromatic heterocycles. The first kappa shape index (κ1) is 29.6. The van der Waals surface area contributed by atoms with E-state index in [0.29, 0.717) is 17.0 Å². The van der Waals surface area contributed by atoms with Gasteiger partial charge in [0.1, 0.15) is 35.9 Å². The lowest BCUT2D eigenvalue weighted by atomic mass is 9.77. The normalized spacial score (nSPS) is 22.2. The number of ether oxygens (including phenoxy) is 4. The SMILES string of the molecule is COc1ccc(C(Nc2ncnc3c2ncn3[C@@H]2O[C@H](/C=C\C(=O)O)[C@H]3OC(C)(C)O[C@H]32)(c2ccccc2)c2ccccc2)cc1. The first-order valence-corrected chi connectivity index (χ1v) is 14.9. The van der Waals surface area contributed by atoms with Crippen LogP contribution in [-0.2, 0) is 24.5 Å². The summed E-state index contributed by atoms with van der Waals surface area (Å²) in [7, 11) is 1.65. The Morgan fingerprint density at radius 1 is 0.913 bits per heavy atom. The smallest absolute Gasteiger partial charge is 0.328 e. The van der Waals surface area contributed by atoms with Crippen molar-refractivity contribution in [2.24, 2.45) is 0 Å². The third-order valence-electron chi connectivity index (χ3n) is 8.37. The molecule has 2 N–H and O–H groups in total. The molecule has 234 valence electrons. The van der Waals surface area contributed by atoms with Gasteiger partial charge in [0.2, 0.25) is 0 Å². The molecule has 0 amide bonds. The minimum atomic E-state index is -1.07. The van der Waals surface area contributed by atoms with Crippen LogP contribution < -0.4 is 10.1 Å². The van der Waals surface area contributed by atoms with Gasteiger partial charge in [-0.05, 0) is 48.7 Å². The highest BCUT2D eigenvalue weighted by Gasteiger charge is 2.55. The number of aliphatic carboxylic acids is 1. The lowest BCUT2D eigenvalue weighted by Crippen LogP contribution is -2.38. The fraction of sp³-hybridized carbons (Fsp3) is 0.257. The van der Waals surface area contributed by atoms with E-state index in [1.54, 1.807) is 18.0 Å². The van der Waals surface area contributed by atoms with Gasteiger partial charge in [-0.3, -0.25) is 4.57 Å². The van der Waals surface area contributed by atoms with Crippen LogP contribution in [0.1, 0.15) is 36.8 Å². The van der Waals surface area contributed by atoms with E-state index in [0.717, 1.165) is 28.5 Å². The summed E-state index contributed by atoms with van der Waals surface area (Å²) in [6.45, 7) is 3.64. The van der Waals surface area contributed by atoms with Gasteiger partial charge in [-0.2, -0.15) is 0 Å². The Morgan fingerprint density at radius 3 is 2.17 bits per heavy atom. The topological polar surface area (TPSA) is 130 Å². The third kappa shape index (κ3) is 5.18. The molecule has 46 heavy (non-hydrogen) atoms. The molecule has 0 radical (unpaired) electrons. The van der Waals surface area contributed by atoms with Crippen LogP contribution in [0.2, 0.25) is 0 Å². The number of hydrogen-bond acceptors (Lipinski definition) is 9. The first-order chi connectivity index (χ1) is 22.3. The highest BCUT2D eigenvalue weighted by molar-refractivity contribution is 5.84. The molecule has 11 nitrogen and oxygen atoms in total. The van der Waals surface area contributed by atoms with Crippen molar-refractivity contribution in [3.05, 3.63) is 126 Å². The van der Waals surface area contributed by atoms with Crippen LogP contribution in [0.4, 0.5) is 5.82 Å². The van der Waals surface area contributed by atoms with Gasteiger partial charge in [0.25, 0.3) is 0 Å². The Hall–Kier alpha value is -5.10. The number of carboxylic acids is 1. The molecule has 2 aliphatic heterocycles. The summed E-state index contributed by atoms with van der Waals surface area (Å²) in [5.41, 5.74) is 3.11. The summed E-state index contributed by atoms with van der Waals surface area (Å²) in [6, 6.07) is 28.3. The Morgan fingerprint density at radius 2 is 1.54 bits per heavy atom. The van der Waals surface area contributed by atoms with Crippen LogP contribution in [0.3, 0.4) is 0 Å². The van der Waals surface area contributed by atoms with Crippen molar-refractivity contribution in [1.29, 1.82) is 0 Å². The van der Waals surface area contributed by atoms with Crippen LogP contribution in [0, 0.1) is 0 Å². The quantitative estimate of drug-likeness (QED) is 0.166. The first-order valence-electron chi connectivity index (χ1n) is 14.9. The number of carbonyl (C=O) groups is 1. The van der Waals surface area contributed by atoms with Gasteiger partial charge in [-0.1, -0.05) is 72.8 Å². The molecule has 3 aromatic carbocycles. The number of benzene rings is 3. The average molecular weight is 620 g/mol. The van der Waals surface area contributed by atoms with E-state index >= 15 is 0 Å². The van der Waals surface area contributed by atoms with Crippen molar-refractivity contribution in [3.8, 4) is 5.75 Å². The van der Waals surface area contributed by atoms with Gasteiger partial charge >= 0.3 is 5.97 Å². The standard InChI is InChI=1S/C35H33N5O6/c1-34(2)45-29-26(18-19-27(41)42)44-33(30(29)46-34)40-21-38-28-31(36-20-37-32(28)40)39-35(22-10-6-4-7-11-22,23-12-8-5-9-13-23)24-14-16-25(43-3)17-15-24/h4-21,26,29-30,33H,1-3H3,(H,41,42)(H,36,37,39)/b19-18-/t26-,29-,30-,33-/m1/s1. The summed E-state index contributed by atoms with van der Waals surface area (Å²) in [4.78, 5) is 25.4. The number of hydrogen-bond donors (Lipinski definition) is 2. The van der Waals surface area contributed by atoms with Crippen LogP contribution in [0.15, 0.2) is 110 Å². The van der Waals surface area contributed by atoms with Crippen LogP contribution in [-0.4, -0.2) is 61.8 Å². The Kier molecular flexibility index (Phi) is 7.52. The maximum absolute atomic E-state index is 11.3. The Labute approximate surface area is 265 Å². The Bertz CT molecular complexity index is 1840. The molecule has 2 saturated heterocycles. The fourth-order valence-electron chi connectivity index (χ4n) is 6.40. The van der Waals surface area contributed by atoms with Gasteiger partial charge in [-0.25, -0.2) is 19.7 Å². The molecule has 0 unspecified atom stereocenters. The van der Waals surface area contributed by atoms with E-state index in [4.69, 9.17) is 28.9 Å². The Balaban J connectivity index is 1.35. The number of imidazole rings is 1. The molecule has 0 spiro atoms. The number of fused-ring (bicyclic) bond motifs is 2. The minimum Gasteiger partial charge on any atom is -0.497 e. The molecule has 4 heterocycles. The van der Waals surface area contributed by atoms with Crippen molar-refractivity contribution in [1.82, 2.24) is 19.5 Å². The van der Waals surface area contributed by atoms with E-state index in [9.17, 15) is 9.90 Å². The van der Waals surface area contributed by atoms with Gasteiger partial charge in [-0.15, -0.1) is 0 Å². The molecule has 0 bridgehead atoms.